The Morgan fingerprint density at radius 2 is 1.84 bits per heavy atom. The number of esters is 1. The summed E-state index contributed by atoms with van der Waals surface area (Å²) in [4.78, 5) is 11.4. The fourth-order valence-corrected chi connectivity index (χ4v) is 3.95. The Morgan fingerprint density at radius 3 is 2.52 bits per heavy atom. The number of benzene rings is 2. The van der Waals surface area contributed by atoms with Crippen molar-refractivity contribution >= 4 is 44.4 Å². The largest absolute Gasteiger partial charge is 0.462 e. The van der Waals surface area contributed by atoms with Crippen molar-refractivity contribution in [1.29, 1.82) is 0 Å². The van der Waals surface area contributed by atoms with Gasteiger partial charge in [0.1, 0.15) is 15.9 Å². The number of rotatable bonds is 5. The van der Waals surface area contributed by atoms with Crippen molar-refractivity contribution in [2.45, 2.75) is 11.8 Å². The number of hydrogen-bond acceptors (Lipinski definition) is 7. The maximum atomic E-state index is 13.6. The smallest absolute Gasteiger partial charge is 0.338 e. The van der Waals surface area contributed by atoms with Gasteiger partial charge in [-0.2, -0.15) is 8.75 Å². The SMILES string of the molecule is CCOC(=O)c1ccc(NS(=O)(=O)c2ccc(F)c3nsnc23)cc1. The number of nitrogens with zero attached hydrogens (tertiary/aromatic N) is 2. The van der Waals surface area contributed by atoms with Gasteiger partial charge in [0.05, 0.1) is 23.9 Å². The number of ether oxygens (including phenoxy) is 1. The summed E-state index contributed by atoms with van der Waals surface area (Å²) in [5, 5.41) is 0. The molecule has 0 saturated carbocycles. The second kappa shape index (κ2) is 6.73. The normalized spacial score (nSPS) is 11.4. The summed E-state index contributed by atoms with van der Waals surface area (Å²) in [6, 6.07) is 7.92. The van der Waals surface area contributed by atoms with E-state index in [0.717, 1.165) is 23.9 Å². The average Bonchev–Trinajstić information content (AvgIpc) is 3.06. The Labute approximate surface area is 146 Å². The van der Waals surface area contributed by atoms with Gasteiger partial charge in [-0.1, -0.05) is 0 Å². The highest BCUT2D eigenvalue weighted by Gasteiger charge is 2.22. The number of halogens is 1. The van der Waals surface area contributed by atoms with Gasteiger partial charge in [-0.3, -0.25) is 4.72 Å². The van der Waals surface area contributed by atoms with Gasteiger partial charge in [0.2, 0.25) is 0 Å². The lowest BCUT2D eigenvalue weighted by Gasteiger charge is -2.09. The molecule has 0 radical (unpaired) electrons. The van der Waals surface area contributed by atoms with E-state index in [1.807, 2.05) is 0 Å². The van der Waals surface area contributed by atoms with E-state index in [-0.39, 0.29) is 28.2 Å². The monoisotopic (exact) mass is 381 g/mol. The zero-order valence-electron chi connectivity index (χ0n) is 12.9. The van der Waals surface area contributed by atoms with Crippen molar-refractivity contribution in [2.75, 3.05) is 11.3 Å². The van der Waals surface area contributed by atoms with Gasteiger partial charge in [0.25, 0.3) is 10.0 Å². The second-order valence-corrected chi connectivity index (χ2v) is 7.09. The minimum atomic E-state index is -4.00. The number of carbonyl (C=O) groups excluding carboxylic acids is 1. The molecule has 0 spiro atoms. The molecular formula is C15H12FN3O4S2. The van der Waals surface area contributed by atoms with Gasteiger partial charge in [0.15, 0.2) is 5.82 Å². The van der Waals surface area contributed by atoms with Crippen molar-refractivity contribution in [1.82, 2.24) is 8.75 Å². The van der Waals surface area contributed by atoms with Gasteiger partial charge < -0.3 is 4.74 Å². The molecule has 0 aliphatic rings. The Kier molecular flexibility index (Phi) is 4.64. The zero-order valence-corrected chi connectivity index (χ0v) is 14.5. The molecule has 25 heavy (non-hydrogen) atoms. The first kappa shape index (κ1) is 17.2. The molecule has 0 aliphatic carbocycles. The molecule has 3 rings (SSSR count). The molecule has 10 heteroatoms. The first-order valence-corrected chi connectivity index (χ1v) is 9.34. The highest BCUT2D eigenvalue weighted by Crippen LogP contribution is 2.25. The molecule has 130 valence electrons. The lowest BCUT2D eigenvalue weighted by atomic mass is 10.2. The molecule has 0 saturated heterocycles. The van der Waals surface area contributed by atoms with Crippen LogP contribution in [0.25, 0.3) is 11.0 Å². The van der Waals surface area contributed by atoms with E-state index >= 15 is 0 Å². The fraction of sp³-hybridized carbons (Fsp3) is 0.133. The van der Waals surface area contributed by atoms with Crippen LogP contribution in [0.3, 0.4) is 0 Å². The summed E-state index contributed by atoms with van der Waals surface area (Å²) in [7, 11) is -4.00. The molecule has 1 N–H and O–H groups in total. The van der Waals surface area contributed by atoms with E-state index in [1.54, 1.807) is 6.92 Å². The van der Waals surface area contributed by atoms with E-state index in [9.17, 15) is 17.6 Å². The molecule has 2 aromatic carbocycles. The van der Waals surface area contributed by atoms with Crippen molar-refractivity contribution in [3.8, 4) is 0 Å². The third-order valence-electron chi connectivity index (χ3n) is 3.27. The van der Waals surface area contributed by atoms with E-state index < -0.39 is 21.8 Å². The molecule has 0 atom stereocenters. The van der Waals surface area contributed by atoms with Gasteiger partial charge in [0, 0.05) is 5.69 Å². The van der Waals surface area contributed by atoms with E-state index in [0.29, 0.717) is 5.56 Å². The molecule has 0 fully saturated rings. The van der Waals surface area contributed by atoms with Gasteiger partial charge in [-0.25, -0.2) is 17.6 Å². The molecule has 3 aromatic rings. The lowest BCUT2D eigenvalue weighted by Crippen LogP contribution is -2.14. The summed E-state index contributed by atoms with van der Waals surface area (Å²) in [6.07, 6.45) is 0. The molecule has 0 unspecified atom stereocenters. The highest BCUT2D eigenvalue weighted by molar-refractivity contribution is 7.93. The summed E-state index contributed by atoms with van der Waals surface area (Å²) in [5.41, 5.74) is 0.428. The number of hydrogen-bond donors (Lipinski definition) is 1. The van der Waals surface area contributed by atoms with E-state index in [2.05, 4.69) is 13.5 Å². The summed E-state index contributed by atoms with van der Waals surface area (Å²) in [6.45, 7) is 1.94. The summed E-state index contributed by atoms with van der Waals surface area (Å²) in [5.74, 6) is -1.13. The van der Waals surface area contributed by atoms with E-state index in [4.69, 9.17) is 4.74 Å². The zero-order chi connectivity index (χ0) is 18.0. The van der Waals surface area contributed by atoms with Crippen molar-refractivity contribution in [3.05, 3.63) is 47.8 Å². The lowest BCUT2D eigenvalue weighted by molar-refractivity contribution is 0.0526. The molecule has 1 heterocycles. The molecule has 1 aromatic heterocycles. The first-order valence-electron chi connectivity index (χ1n) is 7.13. The number of carbonyl (C=O) groups is 1. The standard InChI is InChI=1S/C15H12FN3O4S2/c1-2-23-15(20)9-3-5-10(6-4-9)19-25(21,22)12-8-7-11(16)13-14(12)18-24-17-13/h3-8,19H,2H2,1H3. The van der Waals surface area contributed by atoms with Gasteiger partial charge >= 0.3 is 5.97 Å². The fourth-order valence-electron chi connectivity index (χ4n) is 2.13. The van der Waals surface area contributed by atoms with Gasteiger partial charge in [-0.15, -0.1) is 0 Å². The number of sulfonamides is 1. The van der Waals surface area contributed by atoms with Crippen molar-refractivity contribution in [3.63, 3.8) is 0 Å². The quantitative estimate of drug-likeness (QED) is 0.683. The molecular weight excluding hydrogens is 369 g/mol. The first-order chi connectivity index (χ1) is 11.9. The minimum Gasteiger partial charge on any atom is -0.462 e. The van der Waals surface area contributed by atoms with Gasteiger partial charge in [-0.05, 0) is 43.3 Å². The molecule has 0 amide bonds. The third kappa shape index (κ3) is 3.44. The predicted molar refractivity (Wildman–Crippen MR) is 90.6 cm³/mol. The Balaban J connectivity index is 1.90. The van der Waals surface area contributed by atoms with Crippen LogP contribution in [0.5, 0.6) is 0 Å². The van der Waals surface area contributed by atoms with Crippen molar-refractivity contribution < 1.29 is 22.3 Å². The maximum Gasteiger partial charge on any atom is 0.338 e. The summed E-state index contributed by atoms with van der Waals surface area (Å²) >= 11 is 0.730. The predicted octanol–water partition coefficient (Wildman–Crippen LogP) is 2.81. The van der Waals surface area contributed by atoms with E-state index in [1.165, 1.54) is 24.3 Å². The van der Waals surface area contributed by atoms with Crippen LogP contribution in [0.1, 0.15) is 17.3 Å². The van der Waals surface area contributed by atoms with Crippen LogP contribution in [-0.4, -0.2) is 29.7 Å². The average molecular weight is 381 g/mol. The molecule has 7 nitrogen and oxygen atoms in total. The maximum absolute atomic E-state index is 13.6. The van der Waals surface area contributed by atoms with Crippen LogP contribution in [0.4, 0.5) is 10.1 Å². The summed E-state index contributed by atoms with van der Waals surface area (Å²) < 4.78 is 53.6. The number of anilines is 1. The topological polar surface area (TPSA) is 98.2 Å². The Hall–Kier alpha value is -2.59. The Morgan fingerprint density at radius 1 is 1.16 bits per heavy atom. The Bertz CT molecular complexity index is 1030. The van der Waals surface area contributed by atoms with Crippen LogP contribution in [0, 0.1) is 5.82 Å². The van der Waals surface area contributed by atoms with Crippen molar-refractivity contribution in [2.24, 2.45) is 0 Å². The highest BCUT2D eigenvalue weighted by atomic mass is 32.2. The number of aromatic nitrogens is 2. The number of nitrogens with one attached hydrogen (secondary N) is 1. The van der Waals surface area contributed by atoms with Crippen LogP contribution in [0.15, 0.2) is 41.3 Å². The number of fused-ring (bicyclic) bond motifs is 1. The molecule has 0 bridgehead atoms. The van der Waals surface area contributed by atoms with Crippen LogP contribution >= 0.6 is 11.7 Å². The van der Waals surface area contributed by atoms with Crippen LogP contribution in [-0.2, 0) is 14.8 Å². The van der Waals surface area contributed by atoms with Crippen LogP contribution in [0.2, 0.25) is 0 Å². The molecule has 0 aliphatic heterocycles. The van der Waals surface area contributed by atoms with Crippen LogP contribution < -0.4 is 4.72 Å². The minimum absolute atomic E-state index is 0.0272. The third-order valence-corrected chi connectivity index (χ3v) is 5.21. The second-order valence-electron chi connectivity index (χ2n) is 4.91.